The van der Waals surface area contributed by atoms with Gasteiger partial charge in [0.1, 0.15) is 6.10 Å². The summed E-state index contributed by atoms with van der Waals surface area (Å²) in [5.74, 6) is 3.57. The lowest BCUT2D eigenvalue weighted by atomic mass is 9.44. The highest BCUT2D eigenvalue weighted by Gasteiger charge is 2.62. The Bertz CT molecular complexity index is 642. The Morgan fingerprint density at radius 1 is 1.04 bits per heavy atom. The molecule has 1 N–H and O–H groups in total. The van der Waals surface area contributed by atoms with Crippen molar-refractivity contribution < 1.29 is 14.6 Å². The first-order chi connectivity index (χ1) is 12.9. The average molecular weight is 373 g/mol. The highest BCUT2D eigenvalue weighted by Crippen LogP contribution is 2.69. The van der Waals surface area contributed by atoms with Crippen LogP contribution in [0.15, 0.2) is 12.2 Å². The summed E-state index contributed by atoms with van der Waals surface area (Å²) < 4.78 is 5.60. The van der Waals surface area contributed by atoms with Crippen molar-refractivity contribution in [3.8, 4) is 0 Å². The number of aliphatic hydroxyl groups excluding tert-OH is 1. The van der Waals surface area contributed by atoms with Crippen LogP contribution in [0.2, 0.25) is 0 Å². The van der Waals surface area contributed by atoms with E-state index in [4.69, 9.17) is 4.74 Å². The summed E-state index contributed by atoms with van der Waals surface area (Å²) in [6.07, 6.45) is 16.9. The zero-order valence-electron chi connectivity index (χ0n) is 17.0. The van der Waals surface area contributed by atoms with Crippen molar-refractivity contribution in [1.29, 1.82) is 0 Å². The highest BCUT2D eigenvalue weighted by atomic mass is 16.5. The molecule has 4 saturated carbocycles. The molecule has 0 aromatic rings. The number of fused-ring (bicyclic) bond motifs is 4. The lowest BCUT2D eigenvalue weighted by Gasteiger charge is -2.61. The third-order valence-corrected chi connectivity index (χ3v) is 9.87. The second kappa shape index (κ2) is 6.34. The molecular formula is C24H36O3. The third-order valence-electron chi connectivity index (χ3n) is 9.87. The molecular weight excluding hydrogens is 336 g/mol. The maximum absolute atomic E-state index is 11.4. The van der Waals surface area contributed by atoms with Crippen LogP contribution >= 0.6 is 0 Å². The van der Waals surface area contributed by atoms with Crippen LogP contribution in [0.5, 0.6) is 0 Å². The van der Waals surface area contributed by atoms with E-state index in [9.17, 15) is 9.90 Å². The van der Waals surface area contributed by atoms with Crippen molar-refractivity contribution in [2.75, 3.05) is 0 Å². The number of hydrogen-bond donors (Lipinski definition) is 1. The van der Waals surface area contributed by atoms with Gasteiger partial charge in [0, 0.05) is 6.92 Å². The molecule has 0 aliphatic heterocycles. The number of carbonyl (C=O) groups excluding carboxylic acids is 1. The molecule has 5 rings (SSSR count). The molecule has 0 saturated heterocycles. The molecule has 27 heavy (non-hydrogen) atoms. The zero-order chi connectivity index (χ0) is 18.8. The van der Waals surface area contributed by atoms with Gasteiger partial charge >= 0.3 is 5.97 Å². The van der Waals surface area contributed by atoms with Crippen molar-refractivity contribution >= 4 is 5.97 Å². The SMILES string of the molecule is CC(=O)O[C@@H]1CC[C@@]2(C)[C@@H](CC[C@@H]3[C@@H]2CC[C@]24C=CC[C@@H](O)[C@H]2CC[C@@H]34)C1. The van der Waals surface area contributed by atoms with Gasteiger partial charge in [0.05, 0.1) is 6.10 Å². The third kappa shape index (κ3) is 2.59. The fourth-order valence-electron chi connectivity index (χ4n) is 8.80. The molecule has 5 aliphatic rings. The quantitative estimate of drug-likeness (QED) is 0.527. The first-order valence-corrected chi connectivity index (χ1v) is 11.5. The van der Waals surface area contributed by atoms with E-state index in [1.807, 2.05) is 0 Å². The molecule has 4 fully saturated rings. The second-order valence-electron chi connectivity index (χ2n) is 10.7. The van der Waals surface area contributed by atoms with E-state index < -0.39 is 0 Å². The first kappa shape index (κ1) is 18.2. The molecule has 0 heterocycles. The minimum atomic E-state index is -0.114. The summed E-state index contributed by atoms with van der Waals surface area (Å²) in [5.41, 5.74) is 0.729. The van der Waals surface area contributed by atoms with Crippen molar-refractivity contribution in [1.82, 2.24) is 0 Å². The first-order valence-electron chi connectivity index (χ1n) is 11.5. The average Bonchev–Trinajstić information content (AvgIpc) is 3.03. The Balaban J connectivity index is 1.39. The maximum Gasteiger partial charge on any atom is 0.302 e. The summed E-state index contributed by atoms with van der Waals surface area (Å²) in [4.78, 5) is 11.4. The molecule has 5 aliphatic carbocycles. The van der Waals surface area contributed by atoms with Gasteiger partial charge in [-0.15, -0.1) is 0 Å². The standard InChI is InChI=1S/C24H36O3/c1-15(25)27-17-9-12-23(2)16(14-17)5-6-18-19(23)10-13-24-11-3-4-22(26)21(24)8-7-20(18)24/h3,11,16-22,26H,4-10,12-14H2,1-2H3/t16-,17+,18+,19-,20-,21+,22+,23-,24-/m0/s1. The largest absolute Gasteiger partial charge is 0.463 e. The van der Waals surface area contributed by atoms with Gasteiger partial charge in [-0.1, -0.05) is 19.1 Å². The number of carbonyl (C=O) groups is 1. The smallest absolute Gasteiger partial charge is 0.302 e. The van der Waals surface area contributed by atoms with Crippen LogP contribution in [0.1, 0.15) is 78.1 Å². The van der Waals surface area contributed by atoms with Gasteiger partial charge in [0.2, 0.25) is 0 Å². The Morgan fingerprint density at radius 3 is 2.67 bits per heavy atom. The van der Waals surface area contributed by atoms with Crippen LogP contribution in [0, 0.1) is 40.4 Å². The van der Waals surface area contributed by atoms with Gasteiger partial charge in [-0.05, 0) is 105 Å². The number of rotatable bonds is 1. The minimum Gasteiger partial charge on any atom is -0.463 e. The van der Waals surface area contributed by atoms with E-state index >= 15 is 0 Å². The van der Waals surface area contributed by atoms with Crippen molar-refractivity contribution in [2.45, 2.75) is 90.3 Å². The Labute approximate surface area is 163 Å². The lowest BCUT2D eigenvalue weighted by Crippen LogP contribution is -2.55. The summed E-state index contributed by atoms with van der Waals surface area (Å²) in [6, 6.07) is 0. The van der Waals surface area contributed by atoms with Crippen molar-refractivity contribution in [3.05, 3.63) is 12.2 Å². The molecule has 0 amide bonds. The predicted octanol–water partition coefficient (Wildman–Crippen LogP) is 4.88. The van der Waals surface area contributed by atoms with Crippen molar-refractivity contribution in [3.63, 3.8) is 0 Å². The Morgan fingerprint density at radius 2 is 1.85 bits per heavy atom. The number of esters is 1. The van der Waals surface area contributed by atoms with Gasteiger partial charge in [0.15, 0.2) is 0 Å². The van der Waals surface area contributed by atoms with Gasteiger partial charge in [-0.25, -0.2) is 0 Å². The Kier molecular flexibility index (Phi) is 4.28. The second-order valence-corrected chi connectivity index (χ2v) is 10.7. The van der Waals surface area contributed by atoms with E-state index in [1.165, 1.54) is 44.9 Å². The normalized spacial score (nSPS) is 53.7. The van der Waals surface area contributed by atoms with Gasteiger partial charge in [-0.2, -0.15) is 0 Å². The molecule has 0 aromatic carbocycles. The molecule has 0 unspecified atom stereocenters. The van der Waals surface area contributed by atoms with E-state index in [0.29, 0.717) is 16.7 Å². The Hall–Kier alpha value is -0.830. The summed E-state index contributed by atoms with van der Waals surface area (Å²) in [5, 5.41) is 10.7. The number of ether oxygens (including phenoxy) is 1. The fraction of sp³-hybridized carbons (Fsp3) is 0.875. The van der Waals surface area contributed by atoms with Crippen LogP contribution < -0.4 is 0 Å². The van der Waals surface area contributed by atoms with E-state index in [-0.39, 0.29) is 18.2 Å². The topological polar surface area (TPSA) is 46.5 Å². The number of aliphatic hydroxyl groups is 1. The highest BCUT2D eigenvalue weighted by molar-refractivity contribution is 5.66. The zero-order valence-corrected chi connectivity index (χ0v) is 17.0. The molecule has 9 atom stereocenters. The van der Waals surface area contributed by atoms with Crippen LogP contribution in [0.4, 0.5) is 0 Å². The van der Waals surface area contributed by atoms with Gasteiger partial charge < -0.3 is 9.84 Å². The van der Waals surface area contributed by atoms with E-state index in [0.717, 1.165) is 42.9 Å². The molecule has 0 aromatic heterocycles. The minimum absolute atomic E-state index is 0.109. The molecule has 3 nitrogen and oxygen atoms in total. The van der Waals surface area contributed by atoms with Crippen LogP contribution in [-0.2, 0) is 9.53 Å². The fourth-order valence-corrected chi connectivity index (χ4v) is 8.80. The van der Waals surface area contributed by atoms with Crippen LogP contribution in [0.25, 0.3) is 0 Å². The molecule has 0 radical (unpaired) electrons. The van der Waals surface area contributed by atoms with Crippen LogP contribution in [0.3, 0.4) is 0 Å². The summed E-state index contributed by atoms with van der Waals surface area (Å²) in [7, 11) is 0. The van der Waals surface area contributed by atoms with Crippen molar-refractivity contribution in [2.24, 2.45) is 40.4 Å². The van der Waals surface area contributed by atoms with E-state index in [1.54, 1.807) is 6.92 Å². The van der Waals surface area contributed by atoms with E-state index in [2.05, 4.69) is 19.1 Å². The summed E-state index contributed by atoms with van der Waals surface area (Å²) >= 11 is 0. The molecule has 1 spiro atoms. The molecule has 3 heteroatoms. The molecule has 0 bridgehead atoms. The number of hydrogen-bond acceptors (Lipinski definition) is 3. The van der Waals surface area contributed by atoms with Crippen LogP contribution in [-0.4, -0.2) is 23.3 Å². The monoisotopic (exact) mass is 372 g/mol. The lowest BCUT2D eigenvalue weighted by molar-refractivity contribution is -0.160. The summed E-state index contributed by atoms with van der Waals surface area (Å²) in [6.45, 7) is 4.11. The molecule has 150 valence electrons. The van der Waals surface area contributed by atoms with Gasteiger partial charge in [0.25, 0.3) is 0 Å². The predicted molar refractivity (Wildman–Crippen MR) is 105 cm³/mol. The maximum atomic E-state index is 11.4. The van der Waals surface area contributed by atoms with Gasteiger partial charge in [-0.3, -0.25) is 4.79 Å². The number of allylic oxidation sites excluding steroid dienone is 1.